The summed E-state index contributed by atoms with van der Waals surface area (Å²) in [6.45, 7) is 3.12. The lowest BCUT2D eigenvalue weighted by Gasteiger charge is -2.31. The van der Waals surface area contributed by atoms with Gasteiger partial charge in [0.1, 0.15) is 6.54 Å². The predicted molar refractivity (Wildman–Crippen MR) is 123 cm³/mol. The number of carbonyl (C=O) groups is 2. The Labute approximate surface area is 186 Å². The van der Waals surface area contributed by atoms with E-state index < -0.39 is 0 Å². The number of furan rings is 1. The van der Waals surface area contributed by atoms with Crippen molar-refractivity contribution < 1.29 is 18.9 Å². The highest BCUT2D eigenvalue weighted by Crippen LogP contribution is 2.33. The van der Waals surface area contributed by atoms with E-state index in [2.05, 4.69) is 22.8 Å². The molecule has 0 spiro atoms. The highest BCUT2D eigenvalue weighted by molar-refractivity contribution is 6.14. The van der Waals surface area contributed by atoms with E-state index in [1.165, 1.54) is 11.2 Å². The van der Waals surface area contributed by atoms with Gasteiger partial charge in [0.2, 0.25) is 5.78 Å². The van der Waals surface area contributed by atoms with Crippen molar-refractivity contribution in [1.82, 2.24) is 9.47 Å². The lowest BCUT2D eigenvalue weighted by molar-refractivity contribution is -0.895. The fraction of sp³-hybridized carbons (Fsp3) is 0.231. The number of aryl methyl sites for hydroxylation is 1. The van der Waals surface area contributed by atoms with Gasteiger partial charge in [0.05, 0.1) is 43.7 Å². The van der Waals surface area contributed by atoms with Crippen LogP contribution in [0.15, 0.2) is 77.4 Å². The molecule has 0 saturated carbocycles. The van der Waals surface area contributed by atoms with E-state index in [0.29, 0.717) is 25.4 Å². The summed E-state index contributed by atoms with van der Waals surface area (Å²) in [5.41, 5.74) is 3.84. The van der Waals surface area contributed by atoms with Crippen LogP contribution < -0.4 is 4.90 Å². The molecule has 0 bridgehead atoms. The maximum atomic E-state index is 13.6. The lowest BCUT2D eigenvalue weighted by atomic mass is 10.0. The summed E-state index contributed by atoms with van der Waals surface area (Å²) in [6.07, 6.45) is 1.52. The highest BCUT2D eigenvalue weighted by Gasteiger charge is 2.29. The second-order valence-electron chi connectivity index (χ2n) is 8.29. The molecular weight excluding hydrogens is 402 g/mol. The first-order chi connectivity index (χ1) is 15.6. The monoisotopic (exact) mass is 428 g/mol. The molecule has 6 nitrogen and oxygen atoms in total. The van der Waals surface area contributed by atoms with Gasteiger partial charge in [-0.2, -0.15) is 0 Å². The number of fused-ring (bicyclic) bond motifs is 1. The number of para-hydroxylation sites is 1. The van der Waals surface area contributed by atoms with Gasteiger partial charge in [-0.3, -0.25) is 9.59 Å². The smallest absolute Gasteiger partial charge is 0.289 e. The van der Waals surface area contributed by atoms with Crippen molar-refractivity contribution in [2.24, 2.45) is 7.05 Å². The number of nitrogens with zero attached hydrogens (tertiary/aromatic N) is 2. The van der Waals surface area contributed by atoms with E-state index in [4.69, 9.17) is 4.42 Å². The Morgan fingerprint density at radius 2 is 1.66 bits per heavy atom. The number of ketones is 1. The molecule has 1 saturated heterocycles. The topological polar surface area (TPSA) is 59.9 Å². The molecule has 6 heteroatoms. The molecular formula is C26H26N3O3+. The van der Waals surface area contributed by atoms with Crippen molar-refractivity contribution in [2.45, 2.75) is 0 Å². The van der Waals surface area contributed by atoms with Crippen LogP contribution in [-0.2, 0) is 7.05 Å². The second kappa shape index (κ2) is 8.48. The number of hydrogen-bond acceptors (Lipinski definition) is 3. The molecule has 1 aliphatic heterocycles. The Balaban J connectivity index is 1.37. The average Bonchev–Trinajstić information content (AvgIpc) is 3.47. The summed E-state index contributed by atoms with van der Waals surface area (Å²) in [4.78, 5) is 29.1. The second-order valence-corrected chi connectivity index (χ2v) is 8.29. The molecule has 3 heterocycles. The van der Waals surface area contributed by atoms with Crippen LogP contribution in [0.1, 0.15) is 20.9 Å². The van der Waals surface area contributed by atoms with Crippen molar-refractivity contribution in [3.63, 3.8) is 0 Å². The Hall–Kier alpha value is -3.64. The van der Waals surface area contributed by atoms with E-state index in [9.17, 15) is 9.59 Å². The fourth-order valence-corrected chi connectivity index (χ4v) is 4.68. The summed E-state index contributed by atoms with van der Waals surface area (Å²) < 4.78 is 7.36. The van der Waals surface area contributed by atoms with Crippen molar-refractivity contribution in [2.75, 3.05) is 32.7 Å². The number of quaternary nitrogens is 1. The number of carbonyl (C=O) groups excluding carboxylic acids is 2. The summed E-state index contributed by atoms with van der Waals surface area (Å²) in [5.74, 6) is 0.426. The molecule has 1 N–H and O–H groups in total. The van der Waals surface area contributed by atoms with E-state index in [-0.39, 0.29) is 11.7 Å². The SMILES string of the molecule is Cn1c(-c2ccccc2)c(C(=O)C[NH+]2CCN(C(=O)c3ccco3)CC2)c2ccccc21. The zero-order valence-corrected chi connectivity index (χ0v) is 18.1. The van der Waals surface area contributed by atoms with E-state index in [1.54, 1.807) is 17.0 Å². The van der Waals surface area contributed by atoms with Crippen molar-refractivity contribution in [3.05, 3.63) is 84.3 Å². The highest BCUT2D eigenvalue weighted by atomic mass is 16.3. The van der Waals surface area contributed by atoms with Gasteiger partial charge in [-0.05, 0) is 23.8 Å². The van der Waals surface area contributed by atoms with Gasteiger partial charge in [-0.1, -0.05) is 48.5 Å². The molecule has 2 aromatic carbocycles. The molecule has 162 valence electrons. The number of amides is 1. The normalized spacial score (nSPS) is 14.7. The molecule has 0 atom stereocenters. The zero-order chi connectivity index (χ0) is 22.1. The first-order valence-corrected chi connectivity index (χ1v) is 11.0. The van der Waals surface area contributed by atoms with Gasteiger partial charge in [0.15, 0.2) is 5.76 Å². The maximum absolute atomic E-state index is 13.6. The van der Waals surface area contributed by atoms with Crippen LogP contribution in [0.25, 0.3) is 22.2 Å². The molecule has 0 unspecified atom stereocenters. The Kier molecular flexibility index (Phi) is 5.37. The first kappa shape index (κ1) is 20.3. The van der Waals surface area contributed by atoms with Crippen LogP contribution in [0.4, 0.5) is 0 Å². The summed E-state index contributed by atoms with van der Waals surface area (Å²) >= 11 is 0. The van der Waals surface area contributed by atoms with Crippen LogP contribution in [0.3, 0.4) is 0 Å². The molecule has 2 aromatic heterocycles. The van der Waals surface area contributed by atoms with Gasteiger partial charge in [-0.15, -0.1) is 0 Å². The van der Waals surface area contributed by atoms with E-state index >= 15 is 0 Å². The van der Waals surface area contributed by atoms with Gasteiger partial charge >= 0.3 is 0 Å². The third-order valence-corrected chi connectivity index (χ3v) is 6.33. The van der Waals surface area contributed by atoms with Crippen LogP contribution in [-0.4, -0.2) is 53.9 Å². The molecule has 1 amide bonds. The number of piperazine rings is 1. The molecule has 0 radical (unpaired) electrons. The summed E-state index contributed by atoms with van der Waals surface area (Å²) in [7, 11) is 2.02. The number of benzene rings is 2. The standard InChI is InChI=1S/C26H25N3O3/c1-27-21-11-6-5-10-20(21)24(25(27)19-8-3-2-4-9-19)22(30)18-28-13-15-29(16-14-28)26(31)23-12-7-17-32-23/h2-12,17H,13-16,18H2,1H3/p+1. The summed E-state index contributed by atoms with van der Waals surface area (Å²) in [6, 6.07) is 21.6. The van der Waals surface area contributed by atoms with Crippen molar-refractivity contribution in [1.29, 1.82) is 0 Å². The van der Waals surface area contributed by atoms with E-state index in [0.717, 1.165) is 40.8 Å². The van der Waals surface area contributed by atoms with Gasteiger partial charge in [0, 0.05) is 18.0 Å². The van der Waals surface area contributed by atoms with E-state index in [1.807, 2.05) is 43.4 Å². The maximum Gasteiger partial charge on any atom is 0.289 e. The summed E-state index contributed by atoms with van der Waals surface area (Å²) in [5, 5.41) is 0.991. The molecule has 1 fully saturated rings. The van der Waals surface area contributed by atoms with Gasteiger partial charge in [0.25, 0.3) is 5.91 Å². The molecule has 5 rings (SSSR count). The van der Waals surface area contributed by atoms with Gasteiger partial charge in [-0.25, -0.2) is 0 Å². The van der Waals surface area contributed by atoms with Crippen molar-refractivity contribution >= 4 is 22.6 Å². The lowest BCUT2D eigenvalue weighted by Crippen LogP contribution is -3.15. The minimum absolute atomic E-state index is 0.0826. The molecule has 1 aliphatic rings. The fourth-order valence-electron chi connectivity index (χ4n) is 4.68. The quantitative estimate of drug-likeness (QED) is 0.497. The number of rotatable bonds is 5. The Morgan fingerprint density at radius 3 is 2.38 bits per heavy atom. The van der Waals surface area contributed by atoms with Crippen molar-refractivity contribution in [3.8, 4) is 11.3 Å². The number of hydrogen-bond donors (Lipinski definition) is 1. The minimum Gasteiger partial charge on any atom is -0.459 e. The largest absolute Gasteiger partial charge is 0.459 e. The number of Topliss-reactive ketones (excluding diaryl/α,β-unsaturated/α-hetero) is 1. The molecule has 4 aromatic rings. The molecule has 32 heavy (non-hydrogen) atoms. The van der Waals surface area contributed by atoms with Crippen LogP contribution in [0, 0.1) is 0 Å². The average molecular weight is 429 g/mol. The number of nitrogens with one attached hydrogen (secondary N) is 1. The third kappa shape index (κ3) is 3.63. The van der Waals surface area contributed by atoms with Crippen LogP contribution in [0.5, 0.6) is 0 Å². The molecule has 0 aliphatic carbocycles. The van der Waals surface area contributed by atoms with Crippen LogP contribution >= 0.6 is 0 Å². The zero-order valence-electron chi connectivity index (χ0n) is 18.1. The van der Waals surface area contributed by atoms with Gasteiger partial charge < -0.3 is 18.8 Å². The minimum atomic E-state index is -0.0826. The van der Waals surface area contributed by atoms with Crippen LogP contribution in [0.2, 0.25) is 0 Å². The first-order valence-electron chi connectivity index (χ1n) is 11.0. The predicted octanol–water partition coefficient (Wildman–Crippen LogP) is 2.66. The third-order valence-electron chi connectivity index (χ3n) is 6.33. The Bertz CT molecular complexity index is 1250. The Morgan fingerprint density at radius 1 is 0.938 bits per heavy atom. The number of aromatic nitrogens is 1.